The molecule has 0 spiro atoms. The lowest BCUT2D eigenvalue weighted by atomic mass is 10.2. The third-order valence-corrected chi connectivity index (χ3v) is 5.07. The SMILES string of the molecule is COc1cc(CNc2ccc(Cl)cc2Cl)cc(Br)c1OCc1ccccc1. The van der Waals surface area contributed by atoms with Gasteiger partial charge in [-0.1, -0.05) is 53.5 Å². The highest BCUT2D eigenvalue weighted by molar-refractivity contribution is 9.10. The van der Waals surface area contributed by atoms with Crippen LogP contribution in [0.5, 0.6) is 11.5 Å². The van der Waals surface area contributed by atoms with Gasteiger partial charge >= 0.3 is 0 Å². The summed E-state index contributed by atoms with van der Waals surface area (Å²) >= 11 is 15.7. The molecule has 0 aromatic heterocycles. The maximum atomic E-state index is 6.21. The molecular formula is C21H18BrCl2NO2. The van der Waals surface area contributed by atoms with Crippen LogP contribution in [0.15, 0.2) is 65.1 Å². The largest absolute Gasteiger partial charge is 0.493 e. The van der Waals surface area contributed by atoms with Crippen LogP contribution in [0.4, 0.5) is 5.69 Å². The quantitative estimate of drug-likeness (QED) is 0.408. The normalized spacial score (nSPS) is 10.5. The Morgan fingerprint density at radius 1 is 0.963 bits per heavy atom. The average molecular weight is 467 g/mol. The molecule has 0 saturated heterocycles. The van der Waals surface area contributed by atoms with Crippen LogP contribution in [0.25, 0.3) is 0 Å². The molecule has 0 heterocycles. The molecule has 0 aliphatic rings. The van der Waals surface area contributed by atoms with E-state index in [0.29, 0.717) is 34.7 Å². The van der Waals surface area contributed by atoms with Gasteiger partial charge in [0.15, 0.2) is 11.5 Å². The molecule has 0 atom stereocenters. The van der Waals surface area contributed by atoms with Crippen LogP contribution >= 0.6 is 39.1 Å². The molecule has 0 aliphatic carbocycles. The van der Waals surface area contributed by atoms with Crippen LogP contribution in [0.2, 0.25) is 10.0 Å². The summed E-state index contributed by atoms with van der Waals surface area (Å²) in [6.45, 7) is 1.04. The van der Waals surface area contributed by atoms with E-state index >= 15 is 0 Å². The summed E-state index contributed by atoms with van der Waals surface area (Å²) in [7, 11) is 1.63. The standard InChI is InChI=1S/C21H18BrCl2NO2/c1-26-20-10-15(12-25-19-8-7-16(23)11-18(19)24)9-17(22)21(20)27-13-14-5-3-2-4-6-14/h2-11,25H,12-13H2,1H3. The molecule has 6 heteroatoms. The van der Waals surface area contributed by atoms with Crippen LogP contribution in [-0.2, 0) is 13.2 Å². The summed E-state index contributed by atoms with van der Waals surface area (Å²) in [5, 5.41) is 4.49. The van der Waals surface area contributed by atoms with Gasteiger partial charge in [-0.25, -0.2) is 0 Å². The predicted octanol–water partition coefficient (Wildman–Crippen LogP) is 6.96. The molecule has 0 amide bonds. The monoisotopic (exact) mass is 465 g/mol. The second-order valence-electron chi connectivity index (χ2n) is 5.86. The van der Waals surface area contributed by atoms with Gasteiger partial charge in [0.2, 0.25) is 0 Å². The molecule has 0 aliphatic heterocycles. The molecule has 27 heavy (non-hydrogen) atoms. The Kier molecular flexibility index (Phi) is 6.89. The van der Waals surface area contributed by atoms with Gasteiger partial charge in [0, 0.05) is 11.6 Å². The summed E-state index contributed by atoms with van der Waals surface area (Å²) in [5.74, 6) is 1.34. The number of halogens is 3. The second-order valence-corrected chi connectivity index (χ2v) is 7.56. The summed E-state index contributed by atoms with van der Waals surface area (Å²) in [6, 6.07) is 19.3. The van der Waals surface area contributed by atoms with E-state index in [2.05, 4.69) is 21.2 Å². The van der Waals surface area contributed by atoms with E-state index < -0.39 is 0 Å². The van der Waals surface area contributed by atoms with Gasteiger partial charge < -0.3 is 14.8 Å². The number of methoxy groups -OCH3 is 1. The first-order chi connectivity index (χ1) is 13.1. The van der Waals surface area contributed by atoms with Crippen molar-refractivity contribution < 1.29 is 9.47 Å². The van der Waals surface area contributed by atoms with Gasteiger partial charge in [-0.15, -0.1) is 0 Å². The third kappa shape index (κ3) is 5.32. The van der Waals surface area contributed by atoms with Crippen molar-refractivity contribution >= 4 is 44.8 Å². The average Bonchev–Trinajstić information content (AvgIpc) is 2.67. The fourth-order valence-electron chi connectivity index (χ4n) is 2.58. The minimum Gasteiger partial charge on any atom is -0.493 e. The van der Waals surface area contributed by atoms with Crippen molar-refractivity contribution in [3.8, 4) is 11.5 Å². The topological polar surface area (TPSA) is 30.5 Å². The summed E-state index contributed by atoms with van der Waals surface area (Å²) in [5.41, 5.74) is 2.94. The first kappa shape index (κ1) is 19.9. The van der Waals surface area contributed by atoms with E-state index in [-0.39, 0.29) is 0 Å². The number of anilines is 1. The number of benzene rings is 3. The molecule has 3 aromatic carbocycles. The Balaban J connectivity index is 1.73. The maximum absolute atomic E-state index is 6.21. The van der Waals surface area contributed by atoms with Gasteiger partial charge in [0.1, 0.15) is 6.61 Å². The number of ether oxygens (including phenoxy) is 2. The number of rotatable bonds is 7. The highest BCUT2D eigenvalue weighted by Gasteiger charge is 2.12. The number of nitrogens with one attached hydrogen (secondary N) is 1. The lowest BCUT2D eigenvalue weighted by Crippen LogP contribution is -2.03. The highest BCUT2D eigenvalue weighted by Crippen LogP contribution is 2.37. The van der Waals surface area contributed by atoms with Crippen LogP contribution < -0.4 is 14.8 Å². The van der Waals surface area contributed by atoms with Gasteiger partial charge in [0.25, 0.3) is 0 Å². The number of hydrogen-bond donors (Lipinski definition) is 1. The minimum absolute atomic E-state index is 0.466. The van der Waals surface area contributed by atoms with E-state index in [1.54, 1.807) is 19.2 Å². The van der Waals surface area contributed by atoms with E-state index in [1.165, 1.54) is 0 Å². The number of hydrogen-bond acceptors (Lipinski definition) is 3. The van der Waals surface area contributed by atoms with Gasteiger partial charge in [-0.3, -0.25) is 0 Å². The lowest BCUT2D eigenvalue weighted by molar-refractivity contribution is 0.282. The third-order valence-electron chi connectivity index (χ3n) is 3.93. The fourth-order valence-corrected chi connectivity index (χ4v) is 3.65. The van der Waals surface area contributed by atoms with Crippen molar-refractivity contribution in [1.29, 1.82) is 0 Å². The van der Waals surface area contributed by atoms with Gasteiger partial charge in [-0.05, 0) is 57.4 Å². The Morgan fingerprint density at radius 2 is 1.74 bits per heavy atom. The molecule has 0 fully saturated rings. The van der Waals surface area contributed by atoms with Crippen LogP contribution in [0.1, 0.15) is 11.1 Å². The first-order valence-electron chi connectivity index (χ1n) is 8.29. The zero-order valence-corrected chi connectivity index (χ0v) is 17.7. The van der Waals surface area contributed by atoms with Crippen molar-refractivity contribution in [3.63, 3.8) is 0 Å². The molecule has 3 aromatic rings. The molecular weight excluding hydrogens is 449 g/mol. The first-order valence-corrected chi connectivity index (χ1v) is 9.84. The van der Waals surface area contributed by atoms with E-state index in [4.69, 9.17) is 32.7 Å². The summed E-state index contributed by atoms with van der Waals surface area (Å²) < 4.78 is 12.3. The van der Waals surface area contributed by atoms with Crippen LogP contribution in [0.3, 0.4) is 0 Å². The van der Waals surface area contributed by atoms with Crippen molar-refractivity contribution in [2.75, 3.05) is 12.4 Å². The van der Waals surface area contributed by atoms with Crippen molar-refractivity contribution in [2.45, 2.75) is 13.2 Å². The fraction of sp³-hybridized carbons (Fsp3) is 0.143. The second kappa shape index (κ2) is 9.36. The Morgan fingerprint density at radius 3 is 2.44 bits per heavy atom. The zero-order chi connectivity index (χ0) is 19.2. The molecule has 0 radical (unpaired) electrons. The van der Waals surface area contributed by atoms with Crippen LogP contribution in [-0.4, -0.2) is 7.11 Å². The van der Waals surface area contributed by atoms with Crippen molar-refractivity contribution in [2.24, 2.45) is 0 Å². The summed E-state index contributed by atoms with van der Waals surface area (Å²) in [6.07, 6.45) is 0. The Bertz CT molecular complexity index is 920. The van der Waals surface area contributed by atoms with E-state index in [0.717, 1.165) is 21.3 Å². The minimum atomic E-state index is 0.466. The molecule has 3 rings (SSSR count). The summed E-state index contributed by atoms with van der Waals surface area (Å²) in [4.78, 5) is 0. The molecule has 1 N–H and O–H groups in total. The van der Waals surface area contributed by atoms with Crippen LogP contribution in [0, 0.1) is 0 Å². The van der Waals surface area contributed by atoms with E-state index in [1.807, 2.05) is 48.5 Å². The molecule has 0 bridgehead atoms. The Hall–Kier alpha value is -1.88. The van der Waals surface area contributed by atoms with Gasteiger partial charge in [-0.2, -0.15) is 0 Å². The van der Waals surface area contributed by atoms with Crippen molar-refractivity contribution in [1.82, 2.24) is 0 Å². The highest BCUT2D eigenvalue weighted by atomic mass is 79.9. The van der Waals surface area contributed by atoms with Gasteiger partial charge in [0.05, 0.1) is 22.3 Å². The maximum Gasteiger partial charge on any atom is 0.175 e. The molecule has 0 unspecified atom stereocenters. The van der Waals surface area contributed by atoms with Crippen molar-refractivity contribution in [3.05, 3.63) is 86.3 Å². The Labute approximate surface area is 177 Å². The lowest BCUT2D eigenvalue weighted by Gasteiger charge is -2.15. The molecule has 140 valence electrons. The zero-order valence-electron chi connectivity index (χ0n) is 14.6. The predicted molar refractivity (Wildman–Crippen MR) is 115 cm³/mol. The molecule has 3 nitrogen and oxygen atoms in total. The van der Waals surface area contributed by atoms with E-state index in [9.17, 15) is 0 Å². The smallest absolute Gasteiger partial charge is 0.175 e. The molecule has 0 saturated carbocycles.